The Balaban J connectivity index is 1.58. The van der Waals surface area contributed by atoms with E-state index in [4.69, 9.17) is 10.5 Å². The Morgan fingerprint density at radius 2 is 2.09 bits per heavy atom. The van der Waals surface area contributed by atoms with Crippen LogP contribution in [0, 0.1) is 5.92 Å². The molecule has 2 saturated heterocycles. The maximum atomic E-state index is 5.83. The third-order valence-electron chi connectivity index (χ3n) is 5.24. The number of likely N-dealkylation sites (tertiary alicyclic amines) is 1. The van der Waals surface area contributed by atoms with Gasteiger partial charge >= 0.3 is 0 Å². The number of nitrogens with two attached hydrogens (primary N) is 1. The molecule has 0 amide bonds. The van der Waals surface area contributed by atoms with Crippen molar-refractivity contribution >= 4 is 5.82 Å². The van der Waals surface area contributed by atoms with E-state index >= 15 is 0 Å². The number of rotatable bonds is 3. The van der Waals surface area contributed by atoms with Crippen LogP contribution in [0.25, 0.3) is 0 Å². The summed E-state index contributed by atoms with van der Waals surface area (Å²) in [5, 5.41) is 0. The average Bonchev–Trinajstić information content (AvgIpc) is 2.95. The summed E-state index contributed by atoms with van der Waals surface area (Å²) in [7, 11) is 0. The fourth-order valence-electron chi connectivity index (χ4n) is 4.17. The first-order valence-corrected chi connectivity index (χ1v) is 8.38. The molecule has 0 radical (unpaired) electrons. The van der Waals surface area contributed by atoms with Gasteiger partial charge in [-0.2, -0.15) is 0 Å². The molecule has 0 unspecified atom stereocenters. The SMILES string of the molecule is Nc1cc(CN2C[C@H](c3ccccc3)[C@H]3COCC[C@@H]32)ccn1. The van der Waals surface area contributed by atoms with Crippen molar-refractivity contribution in [3.8, 4) is 0 Å². The van der Waals surface area contributed by atoms with Crippen LogP contribution < -0.4 is 5.73 Å². The minimum atomic E-state index is 0.556. The van der Waals surface area contributed by atoms with Crippen LogP contribution in [0.2, 0.25) is 0 Å². The molecule has 120 valence electrons. The Labute approximate surface area is 137 Å². The highest BCUT2D eigenvalue weighted by Crippen LogP contribution is 2.41. The van der Waals surface area contributed by atoms with Crippen LogP contribution >= 0.6 is 0 Å². The first-order valence-electron chi connectivity index (χ1n) is 8.38. The van der Waals surface area contributed by atoms with Gasteiger partial charge in [0.15, 0.2) is 0 Å². The molecule has 2 aromatic rings. The van der Waals surface area contributed by atoms with Gasteiger partial charge in [0.05, 0.1) is 6.61 Å². The van der Waals surface area contributed by atoms with E-state index in [-0.39, 0.29) is 0 Å². The van der Waals surface area contributed by atoms with Crippen LogP contribution in [0.5, 0.6) is 0 Å². The third-order valence-corrected chi connectivity index (χ3v) is 5.24. The maximum absolute atomic E-state index is 5.83. The number of fused-ring (bicyclic) bond motifs is 1. The minimum absolute atomic E-state index is 0.556. The van der Waals surface area contributed by atoms with Crippen LogP contribution in [-0.4, -0.2) is 35.7 Å². The predicted molar refractivity (Wildman–Crippen MR) is 91.0 cm³/mol. The lowest BCUT2D eigenvalue weighted by molar-refractivity contribution is 0.0177. The molecule has 1 aromatic heterocycles. The normalized spacial score (nSPS) is 27.7. The van der Waals surface area contributed by atoms with Crippen molar-refractivity contribution in [2.45, 2.75) is 24.9 Å². The van der Waals surface area contributed by atoms with Gasteiger partial charge in [-0.25, -0.2) is 4.98 Å². The van der Waals surface area contributed by atoms with Gasteiger partial charge in [0, 0.05) is 43.8 Å². The summed E-state index contributed by atoms with van der Waals surface area (Å²) >= 11 is 0. The molecule has 2 aliphatic heterocycles. The van der Waals surface area contributed by atoms with Crippen molar-refractivity contribution in [2.75, 3.05) is 25.5 Å². The predicted octanol–water partition coefficient (Wildman–Crippen LogP) is 2.67. The van der Waals surface area contributed by atoms with E-state index in [9.17, 15) is 0 Å². The number of ether oxygens (including phenoxy) is 1. The number of nitrogens with zero attached hydrogens (tertiary/aromatic N) is 2. The summed E-state index contributed by atoms with van der Waals surface area (Å²) in [6, 6.07) is 15.5. The van der Waals surface area contributed by atoms with E-state index in [0.29, 0.717) is 23.7 Å². The number of anilines is 1. The number of hydrogen-bond acceptors (Lipinski definition) is 4. The average molecular weight is 309 g/mol. The Hall–Kier alpha value is -1.91. The maximum Gasteiger partial charge on any atom is 0.123 e. The third kappa shape index (κ3) is 2.96. The Bertz CT molecular complexity index is 661. The second-order valence-corrected chi connectivity index (χ2v) is 6.63. The van der Waals surface area contributed by atoms with E-state index in [1.807, 2.05) is 6.07 Å². The highest BCUT2D eigenvalue weighted by Gasteiger charge is 2.43. The smallest absolute Gasteiger partial charge is 0.123 e. The Morgan fingerprint density at radius 3 is 2.91 bits per heavy atom. The first-order chi connectivity index (χ1) is 11.3. The number of pyridine rings is 1. The second-order valence-electron chi connectivity index (χ2n) is 6.63. The molecule has 2 N–H and O–H groups in total. The molecule has 0 saturated carbocycles. The zero-order valence-corrected chi connectivity index (χ0v) is 13.3. The van der Waals surface area contributed by atoms with Crippen LogP contribution in [0.15, 0.2) is 48.7 Å². The van der Waals surface area contributed by atoms with Crippen molar-refractivity contribution in [1.29, 1.82) is 0 Å². The molecular formula is C19H23N3O. The molecule has 2 fully saturated rings. The fraction of sp³-hybridized carbons (Fsp3) is 0.421. The Kier molecular flexibility index (Phi) is 4.02. The van der Waals surface area contributed by atoms with Crippen molar-refractivity contribution in [1.82, 2.24) is 9.88 Å². The van der Waals surface area contributed by atoms with Crippen LogP contribution in [-0.2, 0) is 11.3 Å². The molecule has 4 rings (SSSR count). The monoisotopic (exact) mass is 309 g/mol. The topological polar surface area (TPSA) is 51.4 Å². The zero-order valence-electron chi connectivity index (χ0n) is 13.3. The fourth-order valence-corrected chi connectivity index (χ4v) is 4.17. The molecule has 3 heterocycles. The summed E-state index contributed by atoms with van der Waals surface area (Å²) in [5.41, 5.74) is 8.52. The van der Waals surface area contributed by atoms with Crippen LogP contribution in [0.4, 0.5) is 5.82 Å². The Morgan fingerprint density at radius 1 is 1.22 bits per heavy atom. The molecule has 0 spiro atoms. The van der Waals surface area contributed by atoms with E-state index in [1.54, 1.807) is 6.20 Å². The first kappa shape index (κ1) is 14.7. The van der Waals surface area contributed by atoms with E-state index in [0.717, 1.165) is 32.7 Å². The van der Waals surface area contributed by atoms with Gasteiger partial charge in [-0.3, -0.25) is 4.90 Å². The molecule has 1 aromatic carbocycles. The van der Waals surface area contributed by atoms with Crippen molar-refractivity contribution in [3.05, 3.63) is 59.8 Å². The number of benzene rings is 1. The molecule has 4 heteroatoms. The molecule has 0 bridgehead atoms. The summed E-state index contributed by atoms with van der Waals surface area (Å²) in [4.78, 5) is 6.71. The van der Waals surface area contributed by atoms with E-state index in [1.165, 1.54) is 11.1 Å². The molecule has 23 heavy (non-hydrogen) atoms. The quantitative estimate of drug-likeness (QED) is 0.947. The highest BCUT2D eigenvalue weighted by atomic mass is 16.5. The molecular weight excluding hydrogens is 286 g/mol. The molecule has 2 aliphatic rings. The lowest BCUT2D eigenvalue weighted by Crippen LogP contribution is -2.38. The van der Waals surface area contributed by atoms with Gasteiger partial charge < -0.3 is 10.5 Å². The number of nitrogen functional groups attached to an aromatic ring is 1. The number of aromatic nitrogens is 1. The second kappa shape index (κ2) is 6.30. The van der Waals surface area contributed by atoms with Crippen molar-refractivity contribution < 1.29 is 4.74 Å². The summed E-state index contributed by atoms with van der Waals surface area (Å²) < 4.78 is 5.80. The van der Waals surface area contributed by atoms with Crippen molar-refractivity contribution in [2.24, 2.45) is 5.92 Å². The van der Waals surface area contributed by atoms with Gasteiger partial charge in [-0.1, -0.05) is 30.3 Å². The van der Waals surface area contributed by atoms with Gasteiger partial charge in [0.25, 0.3) is 0 Å². The zero-order chi connectivity index (χ0) is 15.6. The molecule has 0 aliphatic carbocycles. The van der Waals surface area contributed by atoms with Crippen LogP contribution in [0.3, 0.4) is 0 Å². The summed E-state index contributed by atoms with van der Waals surface area (Å²) in [6.45, 7) is 3.78. The van der Waals surface area contributed by atoms with Gasteiger partial charge in [0.1, 0.15) is 5.82 Å². The van der Waals surface area contributed by atoms with Crippen molar-refractivity contribution in [3.63, 3.8) is 0 Å². The highest BCUT2D eigenvalue weighted by molar-refractivity contribution is 5.32. The minimum Gasteiger partial charge on any atom is -0.384 e. The summed E-state index contributed by atoms with van der Waals surface area (Å²) in [5.74, 6) is 1.75. The summed E-state index contributed by atoms with van der Waals surface area (Å²) in [6.07, 6.45) is 2.92. The van der Waals surface area contributed by atoms with Crippen LogP contribution in [0.1, 0.15) is 23.5 Å². The molecule has 3 atom stereocenters. The van der Waals surface area contributed by atoms with Gasteiger partial charge in [0.2, 0.25) is 0 Å². The number of hydrogen-bond donors (Lipinski definition) is 1. The van der Waals surface area contributed by atoms with E-state index < -0.39 is 0 Å². The lowest BCUT2D eigenvalue weighted by Gasteiger charge is -2.32. The lowest BCUT2D eigenvalue weighted by atomic mass is 9.84. The van der Waals surface area contributed by atoms with Gasteiger partial charge in [-0.15, -0.1) is 0 Å². The largest absolute Gasteiger partial charge is 0.384 e. The van der Waals surface area contributed by atoms with E-state index in [2.05, 4.69) is 46.3 Å². The standard InChI is InChI=1S/C19H23N3O/c20-19-10-14(6-8-21-19)11-22-12-16(15-4-2-1-3-5-15)17-13-23-9-7-18(17)22/h1-6,8,10,16-18H,7,9,11-13H2,(H2,20,21)/t16-,17-,18+/m1/s1. The molecule has 4 nitrogen and oxygen atoms in total. The van der Waals surface area contributed by atoms with Gasteiger partial charge in [-0.05, 0) is 29.7 Å².